The van der Waals surface area contributed by atoms with E-state index >= 15 is 26.3 Å². The number of aromatic nitrogens is 2. The van der Waals surface area contributed by atoms with Crippen molar-refractivity contribution in [2.24, 2.45) is 0 Å². The normalized spacial score (nSPS) is 13.4. The average molecular weight is 987 g/mol. The molecular weight excluding hydrogens is 939 g/mol. The highest BCUT2D eigenvalue weighted by Crippen LogP contribution is 2.49. The third-order valence-corrected chi connectivity index (χ3v) is 13.9. The molecule has 10 heteroatoms. The molecule has 0 fully saturated rings. The maximum Gasteiger partial charge on any atom is 0.402 e. The van der Waals surface area contributed by atoms with Crippen molar-refractivity contribution in [2.45, 2.75) is 37.0 Å². The Hall–Kier alpha value is -8.76. The molecule has 1 aromatic heterocycles. The van der Waals surface area contributed by atoms with E-state index in [9.17, 15) is 0 Å². The third-order valence-electron chi connectivity index (χ3n) is 13.9. The molecule has 10 aromatic rings. The van der Waals surface area contributed by atoms with Crippen LogP contribution >= 0.6 is 0 Å². The summed E-state index contributed by atoms with van der Waals surface area (Å²) in [5, 5.41) is 0. The smallest absolute Gasteiger partial charge is 0.311 e. The van der Waals surface area contributed by atoms with E-state index in [4.69, 9.17) is 9.97 Å². The topological polar surface area (TPSA) is 32.3 Å². The van der Waals surface area contributed by atoms with Gasteiger partial charge >= 0.3 is 12.4 Å². The van der Waals surface area contributed by atoms with Crippen LogP contribution in [0.3, 0.4) is 0 Å². The highest BCUT2D eigenvalue weighted by atomic mass is 19.4. The largest absolute Gasteiger partial charge is 0.402 e. The van der Waals surface area contributed by atoms with Crippen molar-refractivity contribution in [1.82, 2.24) is 9.97 Å². The molecule has 0 aliphatic heterocycles. The van der Waals surface area contributed by atoms with Crippen molar-refractivity contribution >= 4 is 34.1 Å². The number of hydrogen-bond donors (Lipinski definition) is 0. The van der Waals surface area contributed by atoms with Gasteiger partial charge in [-0.15, -0.1) is 0 Å². The Morgan fingerprint density at radius 3 is 0.824 bits per heavy atom. The Balaban J connectivity index is 0.974. The van der Waals surface area contributed by atoms with Crippen LogP contribution in [-0.4, -0.2) is 22.3 Å². The number of nitrogens with zero attached hydrogens (tertiary/aromatic N) is 4. The second-order valence-corrected chi connectivity index (χ2v) is 18.3. The van der Waals surface area contributed by atoms with E-state index in [-0.39, 0.29) is 28.1 Å². The number of alkyl halides is 6. The molecule has 0 saturated heterocycles. The number of halogens is 6. The van der Waals surface area contributed by atoms with E-state index in [0.717, 1.165) is 28.3 Å². The molecule has 0 spiro atoms. The molecule has 0 aliphatic rings. The summed E-state index contributed by atoms with van der Waals surface area (Å²) in [4.78, 5) is 13.7. The van der Waals surface area contributed by atoms with Gasteiger partial charge in [-0.2, -0.15) is 26.3 Å². The predicted octanol–water partition coefficient (Wildman–Crippen LogP) is 18.2. The van der Waals surface area contributed by atoms with Gasteiger partial charge in [0.1, 0.15) is 10.8 Å². The molecule has 9 aromatic carbocycles. The third kappa shape index (κ3) is 9.42. The van der Waals surface area contributed by atoms with Gasteiger partial charge in [0.25, 0.3) is 0 Å². The lowest BCUT2D eigenvalue weighted by molar-refractivity contribution is -0.173. The molecule has 10 rings (SSSR count). The zero-order valence-corrected chi connectivity index (χ0v) is 40.3. The molecule has 4 nitrogen and oxygen atoms in total. The molecule has 0 aliphatic carbocycles. The first kappa shape index (κ1) is 48.8. The summed E-state index contributed by atoms with van der Waals surface area (Å²) >= 11 is 0. The fraction of sp³-hybridized carbons (Fsp3) is 0.0938. The van der Waals surface area contributed by atoms with Gasteiger partial charge in [-0.1, -0.05) is 176 Å². The van der Waals surface area contributed by atoms with Gasteiger partial charge in [-0.05, 0) is 115 Å². The first-order chi connectivity index (χ1) is 35.7. The first-order valence-corrected chi connectivity index (χ1v) is 24.0. The van der Waals surface area contributed by atoms with Gasteiger partial charge in [0.2, 0.25) is 0 Å². The lowest BCUT2D eigenvalue weighted by Crippen LogP contribution is -2.40. The van der Waals surface area contributed by atoms with E-state index < -0.39 is 23.2 Å². The van der Waals surface area contributed by atoms with Gasteiger partial charge in [0.15, 0.2) is 5.82 Å². The van der Waals surface area contributed by atoms with Crippen molar-refractivity contribution in [3.8, 4) is 33.9 Å². The lowest BCUT2D eigenvalue weighted by atomic mass is 9.75. The van der Waals surface area contributed by atoms with E-state index in [1.54, 1.807) is 54.6 Å². The molecule has 366 valence electrons. The Morgan fingerprint density at radius 2 is 0.527 bits per heavy atom. The zero-order valence-electron chi connectivity index (χ0n) is 40.3. The average Bonchev–Trinajstić information content (AvgIpc) is 3.44. The minimum absolute atomic E-state index is 0.0200. The van der Waals surface area contributed by atoms with Crippen molar-refractivity contribution in [2.75, 3.05) is 9.80 Å². The standard InChI is InChI=1S/C64H48F6N4/c1-61(63(65,66)67,50-36-40-56(41-37-50)73(52-20-10-4-11-21-52)53-22-12-5-13-23-53)48-32-28-46(29-33-48)59-44-58(45-18-8-3-9-19-45)71-60(72-59)47-30-34-49(35-31-47)62(2,64(68,69)70)51-38-42-57(43-39-51)74(54-24-14-6-15-25-54)55-26-16-7-17-27-55/h3-44H,1-2H3. The van der Waals surface area contributed by atoms with Crippen molar-refractivity contribution in [3.05, 3.63) is 277 Å². The van der Waals surface area contributed by atoms with Crippen LogP contribution in [0.5, 0.6) is 0 Å². The molecule has 0 bridgehead atoms. The monoisotopic (exact) mass is 986 g/mol. The van der Waals surface area contributed by atoms with Gasteiger partial charge in [-0.25, -0.2) is 9.97 Å². The van der Waals surface area contributed by atoms with E-state index in [0.29, 0.717) is 33.9 Å². The van der Waals surface area contributed by atoms with Gasteiger partial charge < -0.3 is 9.80 Å². The summed E-state index contributed by atoms with van der Waals surface area (Å²) in [5.74, 6) is 0.234. The predicted molar refractivity (Wildman–Crippen MR) is 286 cm³/mol. The van der Waals surface area contributed by atoms with Crippen LogP contribution in [0.1, 0.15) is 36.1 Å². The molecule has 1 heterocycles. The summed E-state index contributed by atoms with van der Waals surface area (Å²) in [7, 11) is 0. The van der Waals surface area contributed by atoms with Crippen LogP contribution in [0.15, 0.2) is 255 Å². The lowest BCUT2D eigenvalue weighted by Gasteiger charge is -2.34. The number of benzene rings is 9. The summed E-state index contributed by atoms with van der Waals surface area (Å²) < 4.78 is 93.0. The Labute approximate surface area is 426 Å². The minimum atomic E-state index is -4.69. The molecule has 2 unspecified atom stereocenters. The molecular formula is C64H48F6N4. The quantitative estimate of drug-likeness (QED) is 0.108. The van der Waals surface area contributed by atoms with E-state index in [2.05, 4.69) is 0 Å². The maximum absolute atomic E-state index is 15.5. The molecule has 2 atom stereocenters. The number of para-hydroxylation sites is 4. The van der Waals surface area contributed by atoms with Crippen molar-refractivity contribution < 1.29 is 26.3 Å². The fourth-order valence-electron chi connectivity index (χ4n) is 9.49. The Kier molecular flexibility index (Phi) is 13.2. The van der Waals surface area contributed by atoms with Crippen LogP contribution < -0.4 is 9.80 Å². The summed E-state index contributed by atoms with van der Waals surface area (Å²) in [5.41, 5.74) is 2.91. The number of anilines is 6. The van der Waals surface area contributed by atoms with Crippen molar-refractivity contribution in [1.29, 1.82) is 0 Å². The second-order valence-electron chi connectivity index (χ2n) is 18.3. The van der Waals surface area contributed by atoms with Crippen LogP contribution in [0.2, 0.25) is 0 Å². The van der Waals surface area contributed by atoms with E-state index in [1.807, 2.05) is 161 Å². The van der Waals surface area contributed by atoms with Crippen molar-refractivity contribution in [3.63, 3.8) is 0 Å². The van der Waals surface area contributed by atoms with Crippen LogP contribution in [0, 0.1) is 0 Å². The highest BCUT2D eigenvalue weighted by Gasteiger charge is 2.54. The summed E-state index contributed by atoms with van der Waals surface area (Å²) in [6, 6.07) is 74.8. The minimum Gasteiger partial charge on any atom is -0.311 e. The molecule has 0 radical (unpaired) electrons. The molecule has 0 N–H and O–H groups in total. The Morgan fingerprint density at radius 1 is 0.284 bits per heavy atom. The van der Waals surface area contributed by atoms with Crippen LogP contribution in [0.25, 0.3) is 33.9 Å². The number of hydrogen-bond acceptors (Lipinski definition) is 4. The SMILES string of the molecule is CC(c1ccc(-c2cc(-c3ccccc3)nc(-c3ccc(C(C)(c4ccc(N(c5ccccc5)c5ccccc5)cc4)C(F)(F)F)cc3)n2)cc1)(c1ccc(N(c2ccccc2)c2ccccc2)cc1)C(F)(F)F. The summed E-state index contributed by atoms with van der Waals surface area (Å²) in [6.07, 6.45) is -9.36. The maximum atomic E-state index is 15.5. The molecule has 0 amide bonds. The Bertz CT molecular complexity index is 3160. The molecule has 0 saturated carbocycles. The fourth-order valence-corrected chi connectivity index (χ4v) is 9.49. The highest BCUT2D eigenvalue weighted by molar-refractivity contribution is 5.78. The molecule has 74 heavy (non-hydrogen) atoms. The van der Waals surface area contributed by atoms with Gasteiger partial charge in [0, 0.05) is 50.8 Å². The van der Waals surface area contributed by atoms with Gasteiger partial charge in [-0.3, -0.25) is 0 Å². The van der Waals surface area contributed by atoms with Gasteiger partial charge in [0.05, 0.1) is 11.4 Å². The van der Waals surface area contributed by atoms with Crippen LogP contribution in [-0.2, 0) is 10.8 Å². The first-order valence-electron chi connectivity index (χ1n) is 24.0. The summed E-state index contributed by atoms with van der Waals surface area (Å²) in [6.45, 7) is 2.37. The zero-order chi connectivity index (χ0) is 51.5. The number of rotatable bonds is 13. The van der Waals surface area contributed by atoms with E-state index in [1.165, 1.54) is 62.4 Å². The second kappa shape index (κ2) is 20.0. The van der Waals surface area contributed by atoms with Crippen LogP contribution in [0.4, 0.5) is 60.5 Å².